The van der Waals surface area contributed by atoms with Crippen LogP contribution in [0.25, 0.3) is 0 Å². The molecular formula is C53H104NO7P. The van der Waals surface area contributed by atoms with Gasteiger partial charge in [0.25, 0.3) is 7.82 Å². The molecule has 0 spiro atoms. The molecule has 0 fully saturated rings. The van der Waals surface area contributed by atoms with Gasteiger partial charge in [0.1, 0.15) is 19.3 Å². The Hall–Kier alpha value is -1.02. The Labute approximate surface area is 385 Å². The molecular weight excluding hydrogens is 794 g/mol. The molecule has 0 saturated carbocycles. The van der Waals surface area contributed by atoms with Gasteiger partial charge in [0.15, 0.2) is 0 Å². The zero-order valence-corrected chi connectivity index (χ0v) is 42.7. The molecule has 0 N–H and O–H groups in total. The van der Waals surface area contributed by atoms with Gasteiger partial charge in [-0.25, -0.2) is 0 Å². The molecule has 0 aliphatic carbocycles. The Morgan fingerprint density at radius 2 is 0.887 bits per heavy atom. The summed E-state index contributed by atoms with van der Waals surface area (Å²) >= 11 is 0. The maximum absolute atomic E-state index is 12.8. The summed E-state index contributed by atoms with van der Waals surface area (Å²) in [5.74, 6) is -0.333. The van der Waals surface area contributed by atoms with Gasteiger partial charge >= 0.3 is 5.97 Å². The predicted molar refractivity (Wildman–Crippen MR) is 264 cm³/mol. The summed E-state index contributed by atoms with van der Waals surface area (Å²) in [4.78, 5) is 25.2. The molecule has 368 valence electrons. The molecule has 0 aliphatic rings. The lowest BCUT2D eigenvalue weighted by Crippen LogP contribution is -2.37. The average Bonchev–Trinajstić information content (AvgIpc) is 3.23. The Kier molecular flexibility index (Phi) is 45.7. The highest BCUT2D eigenvalue weighted by Gasteiger charge is 2.20. The average molecular weight is 898 g/mol. The fourth-order valence-electron chi connectivity index (χ4n) is 7.64. The van der Waals surface area contributed by atoms with Gasteiger partial charge in [0.2, 0.25) is 0 Å². The number of likely N-dealkylation sites (N-methyl/N-ethyl adjacent to an activating group) is 1. The van der Waals surface area contributed by atoms with Crippen molar-refractivity contribution in [2.45, 2.75) is 258 Å². The van der Waals surface area contributed by atoms with E-state index in [0.717, 1.165) is 38.5 Å². The molecule has 0 heterocycles. The Bertz CT molecular complexity index is 1050. The first kappa shape index (κ1) is 61.0. The summed E-state index contributed by atoms with van der Waals surface area (Å²) in [6, 6.07) is 0. The third-order valence-electron chi connectivity index (χ3n) is 11.8. The fourth-order valence-corrected chi connectivity index (χ4v) is 8.37. The number of nitrogens with zero attached hydrogens (tertiary/aromatic N) is 1. The van der Waals surface area contributed by atoms with Crippen molar-refractivity contribution in [2.24, 2.45) is 0 Å². The van der Waals surface area contributed by atoms with Crippen molar-refractivity contribution >= 4 is 13.8 Å². The van der Waals surface area contributed by atoms with Crippen LogP contribution in [0.15, 0.2) is 24.3 Å². The van der Waals surface area contributed by atoms with E-state index in [4.69, 9.17) is 18.5 Å². The molecule has 9 heteroatoms. The van der Waals surface area contributed by atoms with E-state index in [1.54, 1.807) is 0 Å². The van der Waals surface area contributed by atoms with Gasteiger partial charge in [-0.05, 0) is 44.9 Å². The normalized spacial score (nSPS) is 13.7. The van der Waals surface area contributed by atoms with Crippen LogP contribution in [0.4, 0.5) is 0 Å². The molecule has 2 atom stereocenters. The number of rotatable bonds is 50. The van der Waals surface area contributed by atoms with E-state index in [-0.39, 0.29) is 25.8 Å². The van der Waals surface area contributed by atoms with Crippen molar-refractivity contribution in [1.82, 2.24) is 0 Å². The van der Waals surface area contributed by atoms with E-state index < -0.39 is 13.9 Å². The molecule has 0 radical (unpaired) electrons. The van der Waals surface area contributed by atoms with Crippen molar-refractivity contribution in [3.05, 3.63) is 24.3 Å². The van der Waals surface area contributed by atoms with E-state index in [0.29, 0.717) is 24.1 Å². The molecule has 0 aliphatic heterocycles. The number of hydrogen-bond donors (Lipinski definition) is 0. The van der Waals surface area contributed by atoms with Crippen LogP contribution in [-0.4, -0.2) is 70.7 Å². The predicted octanol–water partition coefficient (Wildman–Crippen LogP) is 15.7. The van der Waals surface area contributed by atoms with Crippen LogP contribution in [-0.2, 0) is 27.9 Å². The number of carbonyl (C=O) groups excluding carboxylic acids is 1. The molecule has 62 heavy (non-hydrogen) atoms. The number of quaternary nitrogens is 1. The zero-order valence-electron chi connectivity index (χ0n) is 41.8. The smallest absolute Gasteiger partial charge is 0.306 e. The van der Waals surface area contributed by atoms with Crippen LogP contribution < -0.4 is 4.89 Å². The van der Waals surface area contributed by atoms with Crippen molar-refractivity contribution in [3.63, 3.8) is 0 Å². The van der Waals surface area contributed by atoms with Gasteiger partial charge in [0.05, 0.1) is 34.4 Å². The minimum absolute atomic E-state index is 0.0277. The summed E-state index contributed by atoms with van der Waals surface area (Å²) in [5, 5.41) is 0. The van der Waals surface area contributed by atoms with Crippen molar-refractivity contribution in [1.29, 1.82) is 0 Å². The van der Waals surface area contributed by atoms with E-state index in [9.17, 15) is 14.3 Å². The van der Waals surface area contributed by atoms with E-state index in [1.165, 1.54) is 193 Å². The topological polar surface area (TPSA) is 94.1 Å². The summed E-state index contributed by atoms with van der Waals surface area (Å²) < 4.78 is 34.8. The maximum atomic E-state index is 12.8. The van der Waals surface area contributed by atoms with Crippen LogP contribution in [0.5, 0.6) is 0 Å². The number of ether oxygens (including phenoxy) is 2. The molecule has 0 aromatic rings. The molecule has 0 aromatic heterocycles. The fraction of sp³-hybridized carbons (Fsp3) is 0.906. The van der Waals surface area contributed by atoms with Gasteiger partial charge in [-0.3, -0.25) is 9.36 Å². The zero-order chi connectivity index (χ0) is 45.5. The number of phosphoric ester groups is 1. The first-order valence-corrected chi connectivity index (χ1v) is 28.0. The largest absolute Gasteiger partial charge is 0.756 e. The first-order valence-electron chi connectivity index (χ1n) is 26.6. The highest BCUT2D eigenvalue weighted by molar-refractivity contribution is 7.45. The van der Waals surface area contributed by atoms with Gasteiger partial charge in [-0.1, -0.05) is 224 Å². The summed E-state index contributed by atoms with van der Waals surface area (Å²) in [5.41, 5.74) is 0. The molecule has 0 aromatic carbocycles. The third kappa shape index (κ3) is 50.0. The van der Waals surface area contributed by atoms with E-state index in [1.807, 2.05) is 21.1 Å². The van der Waals surface area contributed by atoms with Gasteiger partial charge < -0.3 is 27.9 Å². The van der Waals surface area contributed by atoms with Crippen molar-refractivity contribution in [2.75, 3.05) is 54.1 Å². The molecule has 8 nitrogen and oxygen atoms in total. The standard InChI is InChI=1S/C53H104NO7P/c1-6-8-10-12-14-16-18-20-22-24-26-27-29-31-33-35-37-39-41-43-45-48-58-50-52(51-60-62(56,57)59-49-47-54(3,4)5)61-53(55)46-44-42-40-38-36-34-32-30-28-25-23-21-19-17-15-13-11-9-7-2/h15,17,21,23,52H,6-14,16,18-20,22,24-51H2,1-5H3/b17-15-,23-21-. The molecule has 0 amide bonds. The first-order chi connectivity index (χ1) is 30.1. The summed E-state index contributed by atoms with van der Waals surface area (Å²) in [7, 11) is 1.37. The Morgan fingerprint density at radius 3 is 1.34 bits per heavy atom. The van der Waals surface area contributed by atoms with Gasteiger partial charge in [0, 0.05) is 13.0 Å². The second kappa shape index (κ2) is 46.5. The number of phosphoric acid groups is 1. The van der Waals surface area contributed by atoms with E-state index >= 15 is 0 Å². The number of hydrogen-bond acceptors (Lipinski definition) is 7. The molecule has 2 unspecified atom stereocenters. The lowest BCUT2D eigenvalue weighted by Gasteiger charge is -2.28. The Balaban J connectivity index is 4.09. The SMILES string of the molecule is CCCCC/C=C\C/C=C\CCCCCCCCCCCC(=O)OC(COCCCCCCCCCCCCCCCCCCCCCCC)COP(=O)([O-])OCC[N+](C)(C)C. The highest BCUT2D eigenvalue weighted by Crippen LogP contribution is 2.38. The van der Waals surface area contributed by atoms with Gasteiger partial charge in [-0.2, -0.15) is 0 Å². The van der Waals surface area contributed by atoms with Crippen LogP contribution in [0.3, 0.4) is 0 Å². The second-order valence-electron chi connectivity index (χ2n) is 19.2. The quantitative estimate of drug-likeness (QED) is 0.0197. The number of unbranched alkanes of at least 4 members (excludes halogenated alkanes) is 32. The lowest BCUT2D eigenvalue weighted by atomic mass is 10.0. The van der Waals surface area contributed by atoms with Crippen LogP contribution in [0, 0.1) is 0 Å². The third-order valence-corrected chi connectivity index (χ3v) is 12.7. The minimum Gasteiger partial charge on any atom is -0.756 e. The lowest BCUT2D eigenvalue weighted by molar-refractivity contribution is -0.870. The van der Waals surface area contributed by atoms with Gasteiger partial charge in [-0.15, -0.1) is 0 Å². The monoisotopic (exact) mass is 898 g/mol. The molecule has 0 bridgehead atoms. The number of carbonyl (C=O) groups is 1. The van der Waals surface area contributed by atoms with Crippen molar-refractivity contribution in [3.8, 4) is 0 Å². The van der Waals surface area contributed by atoms with Crippen LogP contribution in [0.1, 0.15) is 251 Å². The maximum Gasteiger partial charge on any atom is 0.306 e. The number of esters is 1. The summed E-state index contributed by atoms with van der Waals surface area (Å²) in [6.45, 7) is 5.44. The van der Waals surface area contributed by atoms with Crippen molar-refractivity contribution < 1.29 is 37.3 Å². The van der Waals surface area contributed by atoms with E-state index in [2.05, 4.69) is 38.2 Å². The molecule has 0 saturated heterocycles. The summed E-state index contributed by atoms with van der Waals surface area (Å²) in [6.07, 6.45) is 54.9. The molecule has 0 rings (SSSR count). The highest BCUT2D eigenvalue weighted by atomic mass is 31.2. The second-order valence-corrected chi connectivity index (χ2v) is 20.7. The Morgan fingerprint density at radius 1 is 0.500 bits per heavy atom. The van der Waals surface area contributed by atoms with Crippen LogP contribution in [0.2, 0.25) is 0 Å². The van der Waals surface area contributed by atoms with Crippen LogP contribution >= 0.6 is 7.82 Å². The minimum atomic E-state index is -4.53. The number of allylic oxidation sites excluding steroid dienone is 4.